The summed E-state index contributed by atoms with van der Waals surface area (Å²) in [5.74, 6) is -0.277. The van der Waals surface area contributed by atoms with E-state index in [0.29, 0.717) is 11.0 Å². The molecule has 0 aliphatic carbocycles. The van der Waals surface area contributed by atoms with Gasteiger partial charge in [-0.05, 0) is 18.2 Å². The van der Waals surface area contributed by atoms with Gasteiger partial charge in [0.1, 0.15) is 12.1 Å². The third-order valence-corrected chi connectivity index (χ3v) is 2.43. The second kappa shape index (κ2) is 5.03. The summed E-state index contributed by atoms with van der Waals surface area (Å²) >= 11 is 3.23. The number of benzene rings is 1. The molecule has 0 bridgehead atoms. The number of aromatic nitrogens is 2. The van der Waals surface area contributed by atoms with Crippen LogP contribution in [0.4, 0.5) is 10.1 Å². The van der Waals surface area contributed by atoms with Crippen molar-refractivity contribution in [1.29, 1.82) is 0 Å². The van der Waals surface area contributed by atoms with Gasteiger partial charge in [-0.2, -0.15) is 0 Å². The van der Waals surface area contributed by atoms with Gasteiger partial charge in [0.25, 0.3) is 0 Å². The Morgan fingerprint density at radius 3 is 2.62 bits per heavy atom. The molecule has 0 saturated heterocycles. The lowest BCUT2D eigenvalue weighted by molar-refractivity contribution is 0.627. The summed E-state index contributed by atoms with van der Waals surface area (Å²) in [4.78, 5) is 7.80. The van der Waals surface area contributed by atoms with E-state index in [0.717, 1.165) is 11.3 Å². The van der Waals surface area contributed by atoms with Crippen LogP contribution in [0, 0.1) is 5.82 Å². The normalized spacial score (nSPS) is 10.1. The molecule has 0 saturated carbocycles. The minimum Gasteiger partial charge on any atom is -0.381 e. The lowest BCUT2D eigenvalue weighted by Crippen LogP contribution is -2.00. The average molecular weight is 282 g/mol. The minimum absolute atomic E-state index is 0.277. The predicted molar refractivity (Wildman–Crippen MR) is 63.5 cm³/mol. The van der Waals surface area contributed by atoms with Gasteiger partial charge < -0.3 is 5.32 Å². The molecule has 2 aromatic rings. The van der Waals surface area contributed by atoms with Gasteiger partial charge in [-0.1, -0.05) is 15.9 Å². The maximum absolute atomic E-state index is 13.1. The van der Waals surface area contributed by atoms with Gasteiger partial charge in [-0.15, -0.1) is 0 Å². The van der Waals surface area contributed by atoms with Crippen LogP contribution >= 0.6 is 15.9 Å². The van der Waals surface area contributed by atoms with E-state index in [-0.39, 0.29) is 5.82 Å². The van der Waals surface area contributed by atoms with Crippen molar-refractivity contribution >= 4 is 21.6 Å². The zero-order valence-corrected chi connectivity index (χ0v) is 9.91. The third-order valence-electron chi connectivity index (χ3n) is 1.97. The summed E-state index contributed by atoms with van der Waals surface area (Å²) in [6.07, 6.45) is 4.91. The van der Waals surface area contributed by atoms with Crippen LogP contribution in [0.5, 0.6) is 0 Å². The fraction of sp³-hybridized carbons (Fsp3) is 0.0909. The molecule has 1 heterocycles. The average Bonchev–Trinajstić information content (AvgIpc) is 2.27. The molecule has 3 nitrogen and oxygen atoms in total. The van der Waals surface area contributed by atoms with Crippen LogP contribution in [0.3, 0.4) is 0 Å². The molecule has 5 heteroatoms. The van der Waals surface area contributed by atoms with Crippen molar-refractivity contribution in [2.75, 3.05) is 5.32 Å². The van der Waals surface area contributed by atoms with Crippen molar-refractivity contribution in [1.82, 2.24) is 9.97 Å². The Bertz CT molecular complexity index is 456. The monoisotopic (exact) mass is 281 g/mol. The summed E-state index contributed by atoms with van der Waals surface area (Å²) in [5, 5.41) is 3.09. The van der Waals surface area contributed by atoms with E-state index in [4.69, 9.17) is 0 Å². The zero-order valence-electron chi connectivity index (χ0n) is 8.32. The van der Waals surface area contributed by atoms with E-state index in [1.54, 1.807) is 12.4 Å². The van der Waals surface area contributed by atoms with Crippen molar-refractivity contribution in [3.8, 4) is 0 Å². The Morgan fingerprint density at radius 2 is 1.94 bits per heavy atom. The highest BCUT2D eigenvalue weighted by Gasteiger charge is 1.99. The summed E-state index contributed by atoms with van der Waals surface area (Å²) in [7, 11) is 0. The maximum Gasteiger partial charge on any atom is 0.126 e. The van der Waals surface area contributed by atoms with Crippen molar-refractivity contribution < 1.29 is 4.39 Å². The number of hydrogen-bond donors (Lipinski definition) is 1. The van der Waals surface area contributed by atoms with Crippen LogP contribution in [0.15, 0.2) is 41.4 Å². The van der Waals surface area contributed by atoms with Crippen molar-refractivity contribution in [2.24, 2.45) is 0 Å². The Labute approximate surface area is 101 Å². The fourth-order valence-corrected chi connectivity index (χ4v) is 1.75. The topological polar surface area (TPSA) is 37.8 Å². The van der Waals surface area contributed by atoms with Crippen LogP contribution in [-0.4, -0.2) is 9.97 Å². The SMILES string of the molecule is Fc1cc(Br)cc(NCc2cncnc2)c1. The highest BCUT2D eigenvalue weighted by molar-refractivity contribution is 9.10. The van der Waals surface area contributed by atoms with E-state index in [1.165, 1.54) is 18.5 Å². The van der Waals surface area contributed by atoms with Crippen molar-refractivity contribution in [3.05, 3.63) is 52.8 Å². The summed E-state index contributed by atoms with van der Waals surface area (Å²) in [6, 6.07) is 4.66. The first-order valence-electron chi connectivity index (χ1n) is 4.68. The van der Waals surface area contributed by atoms with Gasteiger partial charge in [0.05, 0.1) is 0 Å². The predicted octanol–water partition coefficient (Wildman–Crippen LogP) is 2.99. The van der Waals surface area contributed by atoms with E-state index >= 15 is 0 Å². The number of anilines is 1. The fourth-order valence-electron chi connectivity index (χ4n) is 1.28. The highest BCUT2D eigenvalue weighted by Crippen LogP contribution is 2.19. The molecule has 1 aromatic carbocycles. The van der Waals surface area contributed by atoms with Gasteiger partial charge in [0.15, 0.2) is 0 Å². The quantitative estimate of drug-likeness (QED) is 0.940. The molecule has 0 unspecified atom stereocenters. The molecule has 1 N–H and O–H groups in total. The van der Waals surface area contributed by atoms with Crippen LogP contribution in [0.25, 0.3) is 0 Å². The number of halogens is 2. The summed E-state index contributed by atoms with van der Waals surface area (Å²) in [6.45, 7) is 0.566. The molecule has 16 heavy (non-hydrogen) atoms. The van der Waals surface area contributed by atoms with Gasteiger partial charge in [-0.3, -0.25) is 0 Å². The zero-order chi connectivity index (χ0) is 11.4. The molecule has 0 amide bonds. The maximum atomic E-state index is 13.1. The van der Waals surface area contributed by atoms with Gasteiger partial charge in [-0.25, -0.2) is 14.4 Å². The van der Waals surface area contributed by atoms with Crippen LogP contribution in [-0.2, 0) is 6.54 Å². The van der Waals surface area contributed by atoms with Crippen molar-refractivity contribution in [2.45, 2.75) is 6.54 Å². The Morgan fingerprint density at radius 1 is 1.19 bits per heavy atom. The van der Waals surface area contributed by atoms with Gasteiger partial charge in [0, 0.05) is 34.7 Å². The summed E-state index contributed by atoms with van der Waals surface area (Å²) < 4.78 is 13.8. The van der Waals surface area contributed by atoms with E-state index in [9.17, 15) is 4.39 Å². The van der Waals surface area contributed by atoms with E-state index < -0.39 is 0 Å². The number of nitrogens with one attached hydrogen (secondary N) is 1. The van der Waals surface area contributed by atoms with E-state index in [1.807, 2.05) is 6.07 Å². The third kappa shape index (κ3) is 3.00. The first kappa shape index (κ1) is 11.0. The minimum atomic E-state index is -0.277. The largest absolute Gasteiger partial charge is 0.381 e. The van der Waals surface area contributed by atoms with Crippen molar-refractivity contribution in [3.63, 3.8) is 0 Å². The molecule has 0 atom stereocenters. The number of nitrogens with zero attached hydrogens (tertiary/aromatic N) is 2. The van der Waals surface area contributed by atoms with Gasteiger partial charge in [0.2, 0.25) is 0 Å². The molecular formula is C11H9BrFN3. The first-order chi connectivity index (χ1) is 7.74. The highest BCUT2D eigenvalue weighted by atomic mass is 79.9. The van der Waals surface area contributed by atoms with E-state index in [2.05, 4.69) is 31.2 Å². The van der Waals surface area contributed by atoms with Crippen LogP contribution in [0.1, 0.15) is 5.56 Å². The number of hydrogen-bond acceptors (Lipinski definition) is 3. The molecule has 0 aliphatic heterocycles. The Hall–Kier alpha value is -1.49. The lowest BCUT2D eigenvalue weighted by atomic mass is 10.3. The van der Waals surface area contributed by atoms with Crippen LogP contribution < -0.4 is 5.32 Å². The molecule has 0 fully saturated rings. The van der Waals surface area contributed by atoms with Crippen LogP contribution in [0.2, 0.25) is 0 Å². The van der Waals surface area contributed by atoms with Gasteiger partial charge >= 0.3 is 0 Å². The molecule has 0 aliphatic rings. The Kier molecular flexibility index (Phi) is 3.46. The first-order valence-corrected chi connectivity index (χ1v) is 5.47. The standard InChI is InChI=1S/C11H9BrFN3/c12-9-1-10(13)3-11(2-9)16-6-8-4-14-7-15-5-8/h1-5,7,16H,6H2. The lowest BCUT2D eigenvalue weighted by Gasteiger charge is -2.06. The molecule has 0 radical (unpaired) electrons. The molecule has 2 rings (SSSR count). The summed E-state index contributed by atoms with van der Waals surface area (Å²) in [5.41, 5.74) is 1.67. The smallest absolute Gasteiger partial charge is 0.126 e. The second-order valence-corrected chi connectivity index (χ2v) is 4.17. The second-order valence-electron chi connectivity index (χ2n) is 3.26. The Balaban J connectivity index is 2.05. The molecule has 0 spiro atoms. The molecule has 1 aromatic heterocycles. The molecule has 82 valence electrons. The number of rotatable bonds is 3. The molecular weight excluding hydrogens is 273 g/mol.